The van der Waals surface area contributed by atoms with Crippen molar-refractivity contribution in [3.8, 4) is 0 Å². The quantitative estimate of drug-likeness (QED) is 0.543. The maximum Gasteiger partial charge on any atom is 0.316 e. The third-order valence-corrected chi connectivity index (χ3v) is 6.61. The Labute approximate surface area is 149 Å². The zero-order valence-electron chi connectivity index (χ0n) is 12.5. The fourth-order valence-electron chi connectivity index (χ4n) is 3.26. The molecule has 0 saturated heterocycles. The minimum Gasteiger partial charge on any atom is -0.395 e. The molecule has 1 aliphatic rings. The molecule has 1 aromatic carbocycles. The first-order valence-corrected chi connectivity index (χ1v) is 11.8. The Morgan fingerprint density at radius 2 is 1.45 bits per heavy atom. The van der Waals surface area contributed by atoms with Crippen molar-refractivity contribution >= 4 is 52.9 Å². The first kappa shape index (κ1) is 18.5. The monoisotopic (exact) mass is 365 g/mol. The van der Waals surface area contributed by atoms with Crippen LogP contribution in [0.4, 0.5) is 5.69 Å². The number of rotatable bonds is 3. The van der Waals surface area contributed by atoms with Crippen LogP contribution in [-0.2, 0) is 0 Å². The topological polar surface area (TPSA) is 3.24 Å². The fourth-order valence-corrected chi connectivity index (χ4v) is 5.81. The van der Waals surface area contributed by atoms with Crippen LogP contribution >= 0.6 is 15.9 Å². The Hall–Kier alpha value is 0.483. The second-order valence-corrected chi connectivity index (χ2v) is 12.4. The van der Waals surface area contributed by atoms with Crippen molar-refractivity contribution in [2.75, 3.05) is 4.57 Å². The van der Waals surface area contributed by atoms with Gasteiger partial charge in [-0.1, -0.05) is 61.3 Å². The van der Waals surface area contributed by atoms with Crippen LogP contribution in [0.15, 0.2) is 28.7 Å². The Balaban J connectivity index is 0.00000200. The van der Waals surface area contributed by atoms with Crippen molar-refractivity contribution in [3.63, 3.8) is 0 Å². The Bertz CT molecular complexity index is 394. The lowest BCUT2D eigenvalue weighted by Gasteiger charge is -2.43. The average molecular weight is 367 g/mol. The highest BCUT2D eigenvalue weighted by Gasteiger charge is 2.31. The lowest BCUT2D eigenvalue weighted by Crippen LogP contribution is -2.52. The zero-order valence-corrected chi connectivity index (χ0v) is 15.0. The molecule has 1 nitrogen and oxygen atoms in total. The van der Waals surface area contributed by atoms with Gasteiger partial charge in [0.2, 0.25) is 0 Å². The maximum absolute atomic E-state index is 3.55. The Morgan fingerprint density at radius 1 is 0.950 bits per heavy atom. The summed E-state index contributed by atoms with van der Waals surface area (Å²) >= 11 is 3.55. The summed E-state index contributed by atoms with van der Waals surface area (Å²) in [5, 5.41) is 0. The summed E-state index contributed by atoms with van der Waals surface area (Å²) in [5.41, 5.74) is 1.43. The van der Waals surface area contributed by atoms with Gasteiger partial charge in [0, 0.05) is 16.2 Å². The molecule has 1 aliphatic carbocycles. The van der Waals surface area contributed by atoms with Gasteiger partial charge in [-0.3, -0.25) is 0 Å². The van der Waals surface area contributed by atoms with Crippen LogP contribution in [0.1, 0.15) is 38.5 Å². The van der Waals surface area contributed by atoms with Gasteiger partial charge in [0.1, 0.15) is 8.24 Å². The molecule has 1 aromatic rings. The third-order valence-electron chi connectivity index (χ3n) is 4.02. The van der Waals surface area contributed by atoms with Crippen LogP contribution in [0.5, 0.6) is 0 Å². The summed E-state index contributed by atoms with van der Waals surface area (Å²) in [6.07, 6.45) is 8.41. The van der Waals surface area contributed by atoms with Gasteiger partial charge in [-0.15, -0.1) is 0 Å². The summed E-state index contributed by atoms with van der Waals surface area (Å²) < 4.78 is 3.96. The summed E-state index contributed by atoms with van der Waals surface area (Å²) in [6, 6.07) is 9.69. The second kappa shape index (κ2) is 8.20. The van der Waals surface area contributed by atoms with E-state index in [0.717, 1.165) is 6.04 Å². The number of benzene rings is 1. The number of anilines is 1. The molecular weight excluding hydrogens is 338 g/mol. The number of hydrogen-bond acceptors (Lipinski definition) is 1. The average Bonchev–Trinajstić information content (AvgIpc) is 2.59. The highest BCUT2D eigenvalue weighted by molar-refractivity contribution is 9.10. The first-order chi connectivity index (χ1) is 8.98. The van der Waals surface area contributed by atoms with Crippen LogP contribution in [0.3, 0.4) is 0 Å². The van der Waals surface area contributed by atoms with E-state index < -0.39 is 8.24 Å². The van der Waals surface area contributed by atoms with Crippen LogP contribution in [0.2, 0.25) is 19.6 Å². The van der Waals surface area contributed by atoms with Crippen molar-refractivity contribution < 1.29 is 0 Å². The van der Waals surface area contributed by atoms with Crippen molar-refractivity contribution in [2.45, 2.75) is 64.2 Å². The molecule has 1 fully saturated rings. The van der Waals surface area contributed by atoms with Crippen LogP contribution < -0.4 is 4.57 Å². The van der Waals surface area contributed by atoms with Gasteiger partial charge >= 0.3 is 23.1 Å². The van der Waals surface area contributed by atoms with E-state index in [4.69, 9.17) is 0 Å². The number of hydrogen-bond donors (Lipinski definition) is 0. The summed E-state index contributed by atoms with van der Waals surface area (Å²) in [7, 11) is -1.34. The zero-order chi connectivity index (χ0) is 13.9. The third kappa shape index (κ3) is 5.04. The van der Waals surface area contributed by atoms with E-state index >= 15 is 0 Å². The molecule has 0 N–H and O–H groups in total. The van der Waals surface area contributed by atoms with Crippen molar-refractivity contribution in [3.05, 3.63) is 28.7 Å². The van der Waals surface area contributed by atoms with Gasteiger partial charge in [0.05, 0.1) is 0 Å². The minimum atomic E-state index is -1.34. The Kier molecular flexibility index (Phi) is 7.60. The predicted molar refractivity (Wildman–Crippen MR) is 100 cm³/mol. The molecule has 0 radical (unpaired) electrons. The van der Waals surface area contributed by atoms with Gasteiger partial charge in [-0.05, 0) is 37.1 Å². The first-order valence-electron chi connectivity index (χ1n) is 7.53. The molecule has 0 bridgehead atoms. The molecule has 4 heteroatoms. The molecule has 0 spiro atoms. The van der Waals surface area contributed by atoms with E-state index in [9.17, 15) is 0 Å². The molecule has 0 heterocycles. The number of halogens is 1. The smallest absolute Gasteiger partial charge is 0.316 e. The lowest BCUT2D eigenvalue weighted by molar-refractivity contribution is 0.578. The van der Waals surface area contributed by atoms with Gasteiger partial charge in [0.25, 0.3) is 0 Å². The van der Waals surface area contributed by atoms with E-state index in [-0.39, 0.29) is 23.1 Å². The van der Waals surface area contributed by atoms with Crippen molar-refractivity contribution in [1.29, 1.82) is 0 Å². The van der Waals surface area contributed by atoms with Gasteiger partial charge in [0.15, 0.2) is 0 Å². The fraction of sp³-hybridized carbons (Fsp3) is 0.625. The van der Waals surface area contributed by atoms with E-state index in [2.05, 4.69) is 64.4 Å². The van der Waals surface area contributed by atoms with Crippen molar-refractivity contribution in [1.82, 2.24) is 0 Å². The van der Waals surface area contributed by atoms with E-state index in [1.165, 1.54) is 48.7 Å². The summed E-state index contributed by atoms with van der Waals surface area (Å²) in [4.78, 5) is 0. The maximum atomic E-state index is 3.55. The van der Waals surface area contributed by atoms with Gasteiger partial charge in [-0.25, -0.2) is 0 Å². The Morgan fingerprint density at radius 3 is 1.90 bits per heavy atom. The van der Waals surface area contributed by atoms with E-state index in [1.54, 1.807) is 0 Å². The number of nitrogens with zero attached hydrogens (tertiary/aromatic N) is 1. The van der Waals surface area contributed by atoms with Crippen LogP contribution in [-0.4, -0.2) is 37.3 Å². The van der Waals surface area contributed by atoms with E-state index in [1.807, 2.05) is 0 Å². The van der Waals surface area contributed by atoms with Crippen LogP contribution in [0.25, 0.3) is 0 Å². The molecule has 1 saturated carbocycles. The molecule has 110 valence electrons. The minimum absolute atomic E-state index is 0. The highest BCUT2D eigenvalue weighted by atomic mass is 79.9. The molecule has 0 amide bonds. The highest BCUT2D eigenvalue weighted by Crippen LogP contribution is 2.31. The van der Waals surface area contributed by atoms with Crippen molar-refractivity contribution in [2.24, 2.45) is 0 Å². The second-order valence-electron chi connectivity index (χ2n) is 6.66. The summed E-state index contributed by atoms with van der Waals surface area (Å²) in [6.45, 7) is 7.42. The lowest BCUT2D eigenvalue weighted by atomic mass is 10.1. The molecule has 0 atom stereocenters. The molecule has 0 unspecified atom stereocenters. The molecular formula is C16H28BrMgNSi. The molecule has 0 aliphatic heterocycles. The molecule has 2 rings (SSSR count). The summed E-state index contributed by atoms with van der Waals surface area (Å²) in [5.74, 6) is 0. The molecule has 20 heavy (non-hydrogen) atoms. The molecule has 0 aromatic heterocycles. The van der Waals surface area contributed by atoms with Gasteiger partial charge in [-0.2, -0.15) is 0 Å². The largest absolute Gasteiger partial charge is 0.395 e. The van der Waals surface area contributed by atoms with Crippen LogP contribution in [0, 0.1) is 0 Å². The van der Waals surface area contributed by atoms with E-state index in [0.29, 0.717) is 0 Å². The van der Waals surface area contributed by atoms with Gasteiger partial charge < -0.3 is 4.57 Å². The SMILES string of the molecule is C[Si](C)(C)N(c1ccc(Br)cc1)C1CCCCCC1.[MgH2]. The predicted octanol–water partition coefficient (Wildman–Crippen LogP) is 4.90. The standard InChI is InChI=1S/C16H26BrNSi.Mg.2H/c1-19(2,3)18(15-8-6-4-5-7-9-15)16-12-10-14(17)11-13-16;;;/h10-13,15H,4-9H2,1-3H3;;;. The normalized spacial score (nSPS) is 17.2.